The zero-order valence-corrected chi connectivity index (χ0v) is 9.48. The molecule has 1 atom stereocenters. The third-order valence-electron chi connectivity index (χ3n) is 2.71. The van der Waals surface area contributed by atoms with Crippen molar-refractivity contribution in [3.63, 3.8) is 0 Å². The van der Waals surface area contributed by atoms with Crippen molar-refractivity contribution >= 4 is 11.9 Å². The summed E-state index contributed by atoms with van der Waals surface area (Å²) in [6.07, 6.45) is 1.16. The Morgan fingerprint density at radius 1 is 1.56 bits per heavy atom. The highest BCUT2D eigenvalue weighted by atomic mass is 19.1. The molecule has 0 spiro atoms. The third kappa shape index (κ3) is 2.77. The maximum atomic E-state index is 13.3. The molecular formula is C12H12FNO4. The summed E-state index contributed by atoms with van der Waals surface area (Å²) in [7, 11) is 0. The van der Waals surface area contributed by atoms with Gasteiger partial charge < -0.3 is 15.2 Å². The highest BCUT2D eigenvalue weighted by molar-refractivity contribution is 5.88. The van der Waals surface area contributed by atoms with E-state index >= 15 is 0 Å². The van der Waals surface area contributed by atoms with E-state index < -0.39 is 17.3 Å². The van der Waals surface area contributed by atoms with Gasteiger partial charge >= 0.3 is 5.97 Å². The number of benzene rings is 1. The van der Waals surface area contributed by atoms with E-state index in [9.17, 15) is 14.0 Å². The van der Waals surface area contributed by atoms with E-state index in [2.05, 4.69) is 5.32 Å². The zero-order valence-electron chi connectivity index (χ0n) is 9.48. The van der Waals surface area contributed by atoms with Gasteiger partial charge in [-0.2, -0.15) is 0 Å². The molecule has 0 saturated carbocycles. The Morgan fingerprint density at radius 2 is 2.33 bits per heavy atom. The summed E-state index contributed by atoms with van der Waals surface area (Å²) in [6.45, 7) is 0.248. The molecular weight excluding hydrogens is 241 g/mol. The summed E-state index contributed by atoms with van der Waals surface area (Å²) in [4.78, 5) is 21.6. The van der Waals surface area contributed by atoms with Crippen molar-refractivity contribution in [2.75, 3.05) is 6.61 Å². The smallest absolute Gasteiger partial charge is 0.338 e. The molecule has 1 aromatic carbocycles. The minimum atomic E-state index is -1.32. The van der Waals surface area contributed by atoms with Gasteiger partial charge in [-0.05, 0) is 18.6 Å². The monoisotopic (exact) mass is 253 g/mol. The number of ether oxygens (including phenoxy) is 1. The van der Waals surface area contributed by atoms with E-state index in [0.29, 0.717) is 12.8 Å². The molecule has 0 aromatic heterocycles. The Bertz CT molecular complexity index is 489. The number of aromatic carboxylic acids is 1. The highest BCUT2D eigenvalue weighted by Gasteiger charge is 2.21. The number of amides is 1. The molecule has 1 fully saturated rings. The van der Waals surface area contributed by atoms with E-state index in [1.807, 2.05) is 0 Å². The van der Waals surface area contributed by atoms with Crippen LogP contribution in [0.3, 0.4) is 0 Å². The van der Waals surface area contributed by atoms with E-state index in [1.54, 1.807) is 0 Å². The molecule has 1 amide bonds. The third-order valence-corrected chi connectivity index (χ3v) is 2.71. The van der Waals surface area contributed by atoms with Gasteiger partial charge in [0.25, 0.3) is 0 Å². The zero-order chi connectivity index (χ0) is 13.1. The summed E-state index contributed by atoms with van der Waals surface area (Å²) in [5.41, 5.74) is -0.392. The standard InChI is InChI=1S/C12H12FNO4/c13-10-5-8(2-3-9(10)12(16)17)18-6-7-1-4-11(15)14-7/h2-3,5,7H,1,4,6H2,(H,14,15)(H,16,17). The van der Waals surface area contributed by atoms with Gasteiger partial charge in [0.2, 0.25) is 5.91 Å². The van der Waals surface area contributed by atoms with Crippen LogP contribution < -0.4 is 10.1 Å². The number of carboxylic acid groups (broad SMARTS) is 1. The van der Waals surface area contributed by atoms with Gasteiger partial charge in [-0.25, -0.2) is 9.18 Å². The van der Waals surface area contributed by atoms with Crippen LogP contribution in [0.25, 0.3) is 0 Å². The number of nitrogens with one attached hydrogen (secondary N) is 1. The minimum Gasteiger partial charge on any atom is -0.491 e. The van der Waals surface area contributed by atoms with Crippen molar-refractivity contribution in [1.29, 1.82) is 0 Å². The molecule has 96 valence electrons. The van der Waals surface area contributed by atoms with Crippen LogP contribution in [-0.4, -0.2) is 29.6 Å². The number of rotatable bonds is 4. The lowest BCUT2D eigenvalue weighted by atomic mass is 10.2. The number of carbonyl (C=O) groups excluding carboxylic acids is 1. The summed E-state index contributed by atoms with van der Waals surface area (Å²) in [5, 5.41) is 11.4. The molecule has 6 heteroatoms. The molecule has 1 heterocycles. The van der Waals surface area contributed by atoms with Crippen molar-refractivity contribution in [3.8, 4) is 5.75 Å². The van der Waals surface area contributed by atoms with Gasteiger partial charge in [-0.1, -0.05) is 0 Å². The normalized spacial score (nSPS) is 18.5. The lowest BCUT2D eigenvalue weighted by Gasteiger charge is -2.12. The second kappa shape index (κ2) is 5.03. The molecule has 1 aromatic rings. The van der Waals surface area contributed by atoms with Crippen LogP contribution in [-0.2, 0) is 4.79 Å². The predicted octanol–water partition coefficient (Wildman–Crippen LogP) is 1.18. The number of halogens is 1. The second-order valence-corrected chi connectivity index (χ2v) is 4.06. The van der Waals surface area contributed by atoms with Gasteiger partial charge in [0.05, 0.1) is 11.6 Å². The Labute approximate surface area is 103 Å². The maximum absolute atomic E-state index is 13.3. The van der Waals surface area contributed by atoms with Crippen LogP contribution in [0.1, 0.15) is 23.2 Å². The van der Waals surface area contributed by atoms with E-state index in [4.69, 9.17) is 9.84 Å². The van der Waals surface area contributed by atoms with Crippen LogP contribution in [0.2, 0.25) is 0 Å². The first-order valence-corrected chi connectivity index (χ1v) is 5.51. The number of hydrogen-bond acceptors (Lipinski definition) is 3. The first-order chi connectivity index (χ1) is 8.56. The summed E-state index contributed by atoms with van der Waals surface area (Å²) >= 11 is 0. The minimum absolute atomic E-state index is 0.0176. The molecule has 2 rings (SSSR count). The van der Waals surface area contributed by atoms with Crippen LogP contribution in [0.15, 0.2) is 18.2 Å². The quantitative estimate of drug-likeness (QED) is 0.844. The fourth-order valence-electron chi connectivity index (χ4n) is 1.76. The van der Waals surface area contributed by atoms with E-state index in [-0.39, 0.29) is 24.3 Å². The highest BCUT2D eigenvalue weighted by Crippen LogP contribution is 2.18. The first-order valence-electron chi connectivity index (χ1n) is 5.51. The second-order valence-electron chi connectivity index (χ2n) is 4.06. The Balaban J connectivity index is 1.96. The van der Waals surface area contributed by atoms with Gasteiger partial charge in [-0.3, -0.25) is 4.79 Å². The Hall–Kier alpha value is -2.11. The van der Waals surface area contributed by atoms with Crippen molar-refractivity contribution in [3.05, 3.63) is 29.6 Å². The van der Waals surface area contributed by atoms with Crippen LogP contribution >= 0.6 is 0 Å². The molecule has 2 N–H and O–H groups in total. The van der Waals surface area contributed by atoms with Gasteiger partial charge in [0, 0.05) is 12.5 Å². The average molecular weight is 253 g/mol. The molecule has 1 aliphatic heterocycles. The molecule has 0 aliphatic carbocycles. The summed E-state index contributed by atoms with van der Waals surface area (Å²) in [6, 6.07) is 3.50. The Kier molecular flexibility index (Phi) is 3.45. The number of hydrogen-bond donors (Lipinski definition) is 2. The van der Waals surface area contributed by atoms with E-state index in [1.165, 1.54) is 6.07 Å². The lowest BCUT2D eigenvalue weighted by Crippen LogP contribution is -2.30. The molecule has 1 saturated heterocycles. The number of carbonyl (C=O) groups is 2. The Morgan fingerprint density at radius 3 is 2.89 bits per heavy atom. The summed E-state index contributed by atoms with van der Waals surface area (Å²) < 4.78 is 18.6. The summed E-state index contributed by atoms with van der Waals surface area (Å²) in [5.74, 6) is -1.92. The molecule has 18 heavy (non-hydrogen) atoms. The molecule has 0 radical (unpaired) electrons. The van der Waals surface area contributed by atoms with Crippen molar-refractivity contribution in [2.24, 2.45) is 0 Å². The van der Waals surface area contributed by atoms with Crippen LogP contribution in [0.5, 0.6) is 5.75 Å². The topological polar surface area (TPSA) is 75.6 Å². The first kappa shape index (κ1) is 12.3. The van der Waals surface area contributed by atoms with E-state index in [0.717, 1.165) is 12.1 Å². The number of carboxylic acids is 1. The maximum Gasteiger partial charge on any atom is 0.338 e. The molecule has 1 aliphatic rings. The fraction of sp³-hybridized carbons (Fsp3) is 0.333. The van der Waals surface area contributed by atoms with Crippen LogP contribution in [0, 0.1) is 5.82 Å². The van der Waals surface area contributed by atoms with Crippen LogP contribution in [0.4, 0.5) is 4.39 Å². The SMILES string of the molecule is O=C1CCC(COc2ccc(C(=O)O)c(F)c2)N1. The molecule has 0 bridgehead atoms. The van der Waals surface area contributed by atoms with Gasteiger partial charge in [0.1, 0.15) is 18.2 Å². The van der Waals surface area contributed by atoms with Crippen molar-refractivity contribution in [1.82, 2.24) is 5.32 Å². The van der Waals surface area contributed by atoms with Crippen molar-refractivity contribution < 1.29 is 23.8 Å². The fourth-order valence-corrected chi connectivity index (χ4v) is 1.76. The molecule has 1 unspecified atom stereocenters. The molecule has 5 nitrogen and oxygen atoms in total. The predicted molar refractivity (Wildman–Crippen MR) is 60.0 cm³/mol. The largest absolute Gasteiger partial charge is 0.491 e. The average Bonchev–Trinajstić information content (AvgIpc) is 2.72. The van der Waals surface area contributed by atoms with Crippen molar-refractivity contribution in [2.45, 2.75) is 18.9 Å². The lowest BCUT2D eigenvalue weighted by molar-refractivity contribution is -0.119. The van der Waals surface area contributed by atoms with Gasteiger partial charge in [0.15, 0.2) is 0 Å². The van der Waals surface area contributed by atoms with Gasteiger partial charge in [-0.15, -0.1) is 0 Å².